The van der Waals surface area contributed by atoms with Crippen LogP contribution in [0, 0.1) is 5.92 Å². The van der Waals surface area contributed by atoms with Crippen LogP contribution in [0.25, 0.3) is 0 Å². The van der Waals surface area contributed by atoms with Gasteiger partial charge in [0.25, 0.3) is 0 Å². The lowest BCUT2D eigenvalue weighted by Crippen LogP contribution is -2.42. The standard InChI is InChI=1S/C13H17NOS/c15-9-11-6-7-13(16-11)14-8-2-4-10-3-1-5-12(10)14/h6-7,9-10,12H,1-5,8H2. The normalized spacial score (nSPS) is 29.1. The van der Waals surface area contributed by atoms with Gasteiger partial charge in [0.05, 0.1) is 9.88 Å². The van der Waals surface area contributed by atoms with Crippen molar-refractivity contribution in [1.29, 1.82) is 0 Å². The average molecular weight is 235 g/mol. The molecule has 0 aromatic carbocycles. The average Bonchev–Trinajstić information content (AvgIpc) is 2.97. The Bertz CT molecular complexity index is 387. The molecule has 2 heterocycles. The molecule has 2 unspecified atom stereocenters. The third kappa shape index (κ3) is 1.67. The van der Waals surface area contributed by atoms with Crippen molar-refractivity contribution in [3.05, 3.63) is 17.0 Å². The summed E-state index contributed by atoms with van der Waals surface area (Å²) in [4.78, 5) is 14.1. The van der Waals surface area contributed by atoms with Crippen molar-refractivity contribution in [2.75, 3.05) is 11.4 Å². The fourth-order valence-electron chi connectivity index (χ4n) is 3.29. The number of piperidine rings is 1. The van der Waals surface area contributed by atoms with E-state index in [1.807, 2.05) is 6.07 Å². The molecule has 1 saturated heterocycles. The van der Waals surface area contributed by atoms with Gasteiger partial charge in [0.2, 0.25) is 0 Å². The Balaban J connectivity index is 1.84. The number of hydrogen-bond donors (Lipinski definition) is 0. The summed E-state index contributed by atoms with van der Waals surface area (Å²) in [6.07, 6.45) is 7.83. The van der Waals surface area contributed by atoms with Crippen molar-refractivity contribution in [2.45, 2.75) is 38.1 Å². The molecule has 16 heavy (non-hydrogen) atoms. The molecule has 0 N–H and O–H groups in total. The second kappa shape index (κ2) is 4.21. The first-order chi connectivity index (χ1) is 7.88. The van der Waals surface area contributed by atoms with Crippen LogP contribution in [0.15, 0.2) is 12.1 Å². The maximum atomic E-state index is 10.7. The van der Waals surface area contributed by atoms with E-state index in [0.29, 0.717) is 0 Å². The lowest BCUT2D eigenvalue weighted by molar-refractivity contribution is 0.112. The fraction of sp³-hybridized carbons (Fsp3) is 0.615. The molecule has 0 amide bonds. The minimum atomic E-state index is 0.756. The van der Waals surface area contributed by atoms with Gasteiger partial charge in [-0.2, -0.15) is 0 Å². The highest BCUT2D eigenvalue weighted by Crippen LogP contribution is 2.40. The number of thiophene rings is 1. The number of nitrogens with zero attached hydrogens (tertiary/aromatic N) is 1. The van der Waals surface area contributed by atoms with Crippen LogP contribution in [0.5, 0.6) is 0 Å². The lowest BCUT2D eigenvalue weighted by Gasteiger charge is -2.38. The van der Waals surface area contributed by atoms with Gasteiger partial charge < -0.3 is 4.90 Å². The Morgan fingerprint density at radius 2 is 2.12 bits per heavy atom. The van der Waals surface area contributed by atoms with Crippen molar-refractivity contribution >= 4 is 22.6 Å². The van der Waals surface area contributed by atoms with E-state index in [2.05, 4.69) is 11.0 Å². The Labute approximate surface area is 100 Å². The number of aldehydes is 1. The van der Waals surface area contributed by atoms with Crippen LogP contribution in [0.3, 0.4) is 0 Å². The molecule has 3 heteroatoms. The fourth-order valence-corrected chi connectivity index (χ4v) is 4.19. The van der Waals surface area contributed by atoms with Crippen molar-refractivity contribution in [2.24, 2.45) is 5.92 Å². The molecule has 2 atom stereocenters. The molecule has 1 aromatic heterocycles. The molecule has 2 nitrogen and oxygen atoms in total. The Morgan fingerprint density at radius 1 is 1.25 bits per heavy atom. The van der Waals surface area contributed by atoms with E-state index >= 15 is 0 Å². The molecule has 0 radical (unpaired) electrons. The van der Waals surface area contributed by atoms with Crippen LogP contribution in [0.2, 0.25) is 0 Å². The topological polar surface area (TPSA) is 20.3 Å². The minimum Gasteiger partial charge on any atom is -0.360 e. The first kappa shape index (κ1) is 10.3. The van der Waals surface area contributed by atoms with Crippen LogP contribution in [-0.2, 0) is 0 Å². The molecular weight excluding hydrogens is 218 g/mol. The monoisotopic (exact) mass is 235 g/mol. The summed E-state index contributed by atoms with van der Waals surface area (Å²) >= 11 is 1.65. The number of hydrogen-bond acceptors (Lipinski definition) is 3. The number of fused-ring (bicyclic) bond motifs is 1. The zero-order chi connectivity index (χ0) is 11.0. The van der Waals surface area contributed by atoms with Gasteiger partial charge in [-0.1, -0.05) is 6.42 Å². The molecule has 2 aliphatic rings. The van der Waals surface area contributed by atoms with Crippen molar-refractivity contribution in [3.8, 4) is 0 Å². The second-order valence-corrected chi connectivity index (χ2v) is 5.98. The maximum Gasteiger partial charge on any atom is 0.160 e. The van der Waals surface area contributed by atoms with Gasteiger partial charge in [0.15, 0.2) is 6.29 Å². The van der Waals surface area contributed by atoms with E-state index in [1.165, 1.54) is 43.6 Å². The predicted molar refractivity (Wildman–Crippen MR) is 67.4 cm³/mol. The van der Waals surface area contributed by atoms with Crippen molar-refractivity contribution in [3.63, 3.8) is 0 Å². The molecular formula is C13H17NOS. The first-order valence-corrected chi connectivity index (χ1v) is 7.02. The smallest absolute Gasteiger partial charge is 0.160 e. The van der Waals surface area contributed by atoms with Crippen LogP contribution in [-0.4, -0.2) is 18.9 Å². The molecule has 1 aromatic rings. The van der Waals surface area contributed by atoms with Gasteiger partial charge in [-0.25, -0.2) is 0 Å². The molecule has 0 spiro atoms. The van der Waals surface area contributed by atoms with Gasteiger partial charge in [0, 0.05) is 12.6 Å². The highest BCUT2D eigenvalue weighted by Gasteiger charge is 2.35. The Kier molecular flexibility index (Phi) is 2.72. The third-order valence-corrected chi connectivity index (χ3v) is 5.05. The molecule has 2 fully saturated rings. The number of rotatable bonds is 2. The van der Waals surface area contributed by atoms with E-state index < -0.39 is 0 Å². The van der Waals surface area contributed by atoms with Crippen LogP contribution in [0.1, 0.15) is 41.8 Å². The lowest BCUT2D eigenvalue weighted by atomic mass is 9.92. The Morgan fingerprint density at radius 3 is 2.94 bits per heavy atom. The summed E-state index contributed by atoms with van der Waals surface area (Å²) in [5.41, 5.74) is 0. The van der Waals surface area contributed by atoms with E-state index in [4.69, 9.17) is 0 Å². The summed E-state index contributed by atoms with van der Waals surface area (Å²) in [5.74, 6) is 0.913. The van der Waals surface area contributed by atoms with Crippen molar-refractivity contribution in [1.82, 2.24) is 0 Å². The highest BCUT2D eigenvalue weighted by molar-refractivity contribution is 7.17. The summed E-state index contributed by atoms with van der Waals surface area (Å²) in [6, 6.07) is 4.83. The summed E-state index contributed by atoms with van der Waals surface area (Å²) < 4.78 is 0. The van der Waals surface area contributed by atoms with Crippen LogP contribution >= 0.6 is 11.3 Å². The maximum absolute atomic E-state index is 10.7. The number of carbonyl (C=O) groups excluding carboxylic acids is 1. The van der Waals surface area contributed by atoms with Gasteiger partial charge >= 0.3 is 0 Å². The second-order valence-electron chi connectivity index (χ2n) is 4.89. The van der Waals surface area contributed by atoms with Gasteiger partial charge in [-0.3, -0.25) is 4.79 Å². The molecule has 3 rings (SSSR count). The van der Waals surface area contributed by atoms with Gasteiger partial charge in [-0.05, 0) is 43.7 Å². The summed E-state index contributed by atoms with van der Waals surface area (Å²) in [7, 11) is 0. The Hall–Kier alpha value is -0.830. The summed E-state index contributed by atoms with van der Waals surface area (Å²) in [5, 5.41) is 1.30. The van der Waals surface area contributed by atoms with E-state index in [9.17, 15) is 4.79 Å². The molecule has 1 aliphatic heterocycles. The van der Waals surface area contributed by atoms with E-state index in [1.54, 1.807) is 11.3 Å². The number of carbonyl (C=O) groups is 1. The minimum absolute atomic E-state index is 0.756. The highest BCUT2D eigenvalue weighted by atomic mass is 32.1. The van der Waals surface area contributed by atoms with Crippen LogP contribution in [0.4, 0.5) is 5.00 Å². The van der Waals surface area contributed by atoms with Crippen molar-refractivity contribution < 1.29 is 4.79 Å². The zero-order valence-corrected chi connectivity index (χ0v) is 10.2. The first-order valence-electron chi connectivity index (χ1n) is 6.20. The largest absolute Gasteiger partial charge is 0.360 e. The molecule has 1 saturated carbocycles. The molecule has 1 aliphatic carbocycles. The van der Waals surface area contributed by atoms with E-state index in [-0.39, 0.29) is 0 Å². The SMILES string of the molecule is O=Cc1ccc(N2CCCC3CCCC32)s1. The van der Waals surface area contributed by atoms with E-state index in [0.717, 1.165) is 23.1 Å². The molecule has 86 valence electrons. The van der Waals surface area contributed by atoms with Crippen LogP contribution < -0.4 is 4.90 Å². The quantitative estimate of drug-likeness (QED) is 0.733. The summed E-state index contributed by atoms with van der Waals surface area (Å²) in [6.45, 7) is 1.18. The number of anilines is 1. The molecule has 0 bridgehead atoms. The zero-order valence-electron chi connectivity index (χ0n) is 9.39. The predicted octanol–water partition coefficient (Wildman–Crippen LogP) is 3.33. The third-order valence-electron chi connectivity index (χ3n) is 4.01. The van der Waals surface area contributed by atoms with Gasteiger partial charge in [0.1, 0.15) is 0 Å². The van der Waals surface area contributed by atoms with Gasteiger partial charge in [-0.15, -0.1) is 11.3 Å².